The summed E-state index contributed by atoms with van der Waals surface area (Å²) in [5, 5.41) is 2.05. The molecule has 3 rings (SSSR count). The topological polar surface area (TPSA) is 22.0 Å². The number of benzene rings is 2. The maximum atomic E-state index is 12.4. The zero-order valence-corrected chi connectivity index (χ0v) is 14.8. The van der Waals surface area contributed by atoms with Crippen molar-refractivity contribution in [3.63, 3.8) is 0 Å². The van der Waals surface area contributed by atoms with Crippen molar-refractivity contribution >= 4 is 50.0 Å². The fourth-order valence-corrected chi connectivity index (χ4v) is 3.18. The quantitative estimate of drug-likeness (QED) is 0.566. The average Bonchev–Trinajstić information content (AvgIpc) is 2.47. The highest BCUT2D eigenvalue weighted by Crippen LogP contribution is 2.25. The van der Waals surface area contributed by atoms with Crippen LogP contribution in [0.3, 0.4) is 0 Å². The lowest BCUT2D eigenvalue weighted by Crippen LogP contribution is -2.21. The third-order valence-corrected chi connectivity index (χ3v) is 4.84. The van der Waals surface area contributed by atoms with Crippen LogP contribution in [0.5, 0.6) is 0 Å². The van der Waals surface area contributed by atoms with Crippen molar-refractivity contribution in [2.75, 3.05) is 0 Å². The standard InChI is InChI=1S/C17H12BrCl2NO/c1-10-6-17(22)21(16-5-3-12(18)8-13(10)16)9-11-2-4-14(19)15(20)7-11/h2-8H,9H2,1H3. The lowest BCUT2D eigenvalue weighted by atomic mass is 10.1. The molecule has 2 aromatic carbocycles. The first kappa shape index (κ1) is 15.6. The lowest BCUT2D eigenvalue weighted by molar-refractivity contribution is 0.793. The second-order valence-corrected chi connectivity index (χ2v) is 6.89. The molecule has 1 heterocycles. The Morgan fingerprint density at radius 3 is 2.55 bits per heavy atom. The van der Waals surface area contributed by atoms with Gasteiger partial charge in [-0.15, -0.1) is 0 Å². The van der Waals surface area contributed by atoms with Crippen molar-refractivity contribution in [2.45, 2.75) is 13.5 Å². The van der Waals surface area contributed by atoms with Crippen molar-refractivity contribution < 1.29 is 0 Å². The van der Waals surface area contributed by atoms with E-state index in [1.54, 1.807) is 22.8 Å². The molecule has 0 spiro atoms. The van der Waals surface area contributed by atoms with Crippen LogP contribution >= 0.6 is 39.1 Å². The van der Waals surface area contributed by atoms with Gasteiger partial charge in [-0.05, 0) is 48.4 Å². The highest BCUT2D eigenvalue weighted by atomic mass is 79.9. The molecule has 0 atom stereocenters. The third kappa shape index (κ3) is 2.94. The van der Waals surface area contributed by atoms with Crippen LogP contribution in [0.2, 0.25) is 10.0 Å². The van der Waals surface area contributed by atoms with Gasteiger partial charge in [0.25, 0.3) is 5.56 Å². The molecule has 0 N–H and O–H groups in total. The third-order valence-electron chi connectivity index (χ3n) is 3.60. The second-order valence-electron chi connectivity index (χ2n) is 5.16. The molecule has 0 fully saturated rings. The van der Waals surface area contributed by atoms with Gasteiger partial charge in [0.1, 0.15) is 0 Å². The molecule has 0 unspecified atom stereocenters. The van der Waals surface area contributed by atoms with Gasteiger partial charge in [-0.2, -0.15) is 0 Å². The molecular formula is C17H12BrCl2NO. The molecule has 5 heteroatoms. The number of fused-ring (bicyclic) bond motifs is 1. The van der Waals surface area contributed by atoms with Crippen LogP contribution in [0.15, 0.2) is 51.7 Å². The number of rotatable bonds is 2. The number of halogens is 3. The van der Waals surface area contributed by atoms with Crippen LogP contribution in [-0.2, 0) is 6.54 Å². The summed E-state index contributed by atoms with van der Waals surface area (Å²) in [4.78, 5) is 12.4. The predicted molar refractivity (Wildman–Crippen MR) is 96.2 cm³/mol. The van der Waals surface area contributed by atoms with Crippen LogP contribution in [0, 0.1) is 6.92 Å². The molecule has 1 aromatic heterocycles. The first-order valence-corrected chi connectivity index (χ1v) is 8.24. The minimum absolute atomic E-state index is 0.0293. The van der Waals surface area contributed by atoms with Gasteiger partial charge in [-0.25, -0.2) is 0 Å². The molecule has 0 aliphatic rings. The molecule has 2 nitrogen and oxygen atoms in total. The molecule has 3 aromatic rings. The summed E-state index contributed by atoms with van der Waals surface area (Å²) >= 11 is 15.5. The second kappa shape index (κ2) is 6.07. The number of nitrogens with zero attached hydrogens (tertiary/aromatic N) is 1. The highest BCUT2D eigenvalue weighted by molar-refractivity contribution is 9.10. The summed E-state index contributed by atoms with van der Waals surface area (Å²) in [5.74, 6) is 0. The molecule has 0 amide bonds. The van der Waals surface area contributed by atoms with E-state index < -0.39 is 0 Å². The summed E-state index contributed by atoms with van der Waals surface area (Å²) in [5.41, 5.74) is 2.77. The molecular weight excluding hydrogens is 385 g/mol. The van der Waals surface area contributed by atoms with Gasteiger partial charge < -0.3 is 4.57 Å². The Labute approximate surface area is 146 Å². The largest absolute Gasteiger partial charge is 0.304 e. The van der Waals surface area contributed by atoms with Crippen LogP contribution in [0.4, 0.5) is 0 Å². The van der Waals surface area contributed by atoms with Crippen LogP contribution < -0.4 is 5.56 Å². The first-order chi connectivity index (χ1) is 10.5. The zero-order valence-electron chi connectivity index (χ0n) is 11.7. The Morgan fingerprint density at radius 2 is 1.82 bits per heavy atom. The van der Waals surface area contributed by atoms with Gasteiger partial charge in [-0.3, -0.25) is 4.79 Å². The summed E-state index contributed by atoms with van der Waals surface area (Å²) in [6.45, 7) is 2.40. The minimum Gasteiger partial charge on any atom is -0.304 e. The van der Waals surface area contributed by atoms with Crippen molar-refractivity contribution in [3.05, 3.63) is 78.5 Å². The van der Waals surface area contributed by atoms with E-state index in [2.05, 4.69) is 15.9 Å². The predicted octanol–water partition coefficient (Wildman–Crippen LogP) is 5.43. The molecule has 0 saturated heterocycles. The normalized spacial score (nSPS) is 11.1. The fourth-order valence-electron chi connectivity index (χ4n) is 2.50. The van der Waals surface area contributed by atoms with Gasteiger partial charge >= 0.3 is 0 Å². The van der Waals surface area contributed by atoms with Crippen LogP contribution in [-0.4, -0.2) is 4.57 Å². The molecule has 112 valence electrons. The van der Waals surface area contributed by atoms with E-state index in [1.165, 1.54) is 0 Å². The lowest BCUT2D eigenvalue weighted by Gasteiger charge is -2.13. The molecule has 0 saturated carbocycles. The van der Waals surface area contributed by atoms with E-state index in [-0.39, 0.29) is 5.56 Å². The number of pyridine rings is 1. The number of aryl methyl sites for hydroxylation is 1. The Morgan fingerprint density at radius 1 is 1.05 bits per heavy atom. The SMILES string of the molecule is Cc1cc(=O)n(Cc2ccc(Cl)c(Cl)c2)c2ccc(Br)cc12. The van der Waals surface area contributed by atoms with E-state index in [9.17, 15) is 4.79 Å². The molecule has 0 aliphatic heterocycles. The van der Waals surface area contributed by atoms with Crippen LogP contribution in [0.1, 0.15) is 11.1 Å². The minimum atomic E-state index is -0.0293. The van der Waals surface area contributed by atoms with E-state index in [0.717, 1.165) is 26.5 Å². The van der Waals surface area contributed by atoms with Crippen LogP contribution in [0.25, 0.3) is 10.9 Å². The van der Waals surface area contributed by atoms with E-state index in [1.807, 2.05) is 31.2 Å². The maximum Gasteiger partial charge on any atom is 0.251 e. The van der Waals surface area contributed by atoms with Gasteiger partial charge in [0.2, 0.25) is 0 Å². The number of hydrogen-bond acceptors (Lipinski definition) is 1. The first-order valence-electron chi connectivity index (χ1n) is 6.69. The van der Waals surface area contributed by atoms with Crippen molar-refractivity contribution in [1.29, 1.82) is 0 Å². The summed E-state index contributed by atoms with van der Waals surface area (Å²) in [6.07, 6.45) is 0. The zero-order chi connectivity index (χ0) is 15.9. The van der Waals surface area contributed by atoms with Crippen molar-refractivity contribution in [1.82, 2.24) is 4.57 Å². The van der Waals surface area contributed by atoms with Crippen molar-refractivity contribution in [3.8, 4) is 0 Å². The Kier molecular flexibility index (Phi) is 4.31. The molecule has 0 bridgehead atoms. The Balaban J connectivity index is 2.18. The van der Waals surface area contributed by atoms with Gasteiger partial charge in [0, 0.05) is 15.9 Å². The molecule has 0 aliphatic carbocycles. The summed E-state index contributed by atoms with van der Waals surface area (Å²) in [7, 11) is 0. The van der Waals surface area contributed by atoms with Gasteiger partial charge in [-0.1, -0.05) is 45.2 Å². The Bertz CT molecular complexity index is 934. The summed E-state index contributed by atoms with van der Waals surface area (Å²) < 4.78 is 2.73. The van der Waals surface area contributed by atoms with Gasteiger partial charge in [0.15, 0.2) is 0 Å². The van der Waals surface area contributed by atoms with Gasteiger partial charge in [0.05, 0.1) is 22.1 Å². The number of hydrogen-bond donors (Lipinski definition) is 0. The molecule has 0 radical (unpaired) electrons. The van der Waals surface area contributed by atoms with E-state index >= 15 is 0 Å². The molecule has 22 heavy (non-hydrogen) atoms. The van der Waals surface area contributed by atoms with E-state index in [4.69, 9.17) is 23.2 Å². The average molecular weight is 397 g/mol. The monoisotopic (exact) mass is 395 g/mol. The fraction of sp³-hybridized carbons (Fsp3) is 0.118. The Hall–Kier alpha value is -1.29. The van der Waals surface area contributed by atoms with Crippen molar-refractivity contribution in [2.24, 2.45) is 0 Å². The number of aromatic nitrogens is 1. The van der Waals surface area contributed by atoms with E-state index in [0.29, 0.717) is 16.6 Å². The maximum absolute atomic E-state index is 12.4. The highest BCUT2D eigenvalue weighted by Gasteiger charge is 2.08. The summed E-state index contributed by atoms with van der Waals surface area (Å²) in [6, 6.07) is 13.0. The smallest absolute Gasteiger partial charge is 0.251 e.